The van der Waals surface area contributed by atoms with Gasteiger partial charge in [-0.05, 0) is 38.8 Å². The van der Waals surface area contributed by atoms with Gasteiger partial charge in [0.1, 0.15) is 0 Å². The number of primary amides is 1. The lowest BCUT2D eigenvalue weighted by Crippen LogP contribution is -2.41. The van der Waals surface area contributed by atoms with Crippen molar-refractivity contribution in [1.82, 2.24) is 4.90 Å². The van der Waals surface area contributed by atoms with Gasteiger partial charge in [0.05, 0.1) is 6.42 Å². The molecule has 1 fully saturated rings. The van der Waals surface area contributed by atoms with Crippen LogP contribution in [0.3, 0.4) is 0 Å². The maximum Gasteiger partial charge on any atom is 0.304 e. The Morgan fingerprint density at radius 2 is 2.00 bits per heavy atom. The summed E-state index contributed by atoms with van der Waals surface area (Å²) in [4.78, 5) is 23.5. The van der Waals surface area contributed by atoms with Crippen LogP contribution in [-0.2, 0) is 9.59 Å². The summed E-state index contributed by atoms with van der Waals surface area (Å²) in [6, 6.07) is 0.0760. The standard InChI is InChI=1S/C11H20N2O3/c1-8(6-11(15)16)13-4-2-9(3-5-13)7-10(12)14/h8-9H,2-7H2,1H3,(H2,12,14)(H,15,16). The summed E-state index contributed by atoms with van der Waals surface area (Å²) in [5, 5.41) is 8.70. The van der Waals surface area contributed by atoms with Crippen molar-refractivity contribution in [2.45, 2.75) is 38.6 Å². The van der Waals surface area contributed by atoms with E-state index in [0.717, 1.165) is 25.9 Å². The first kappa shape index (κ1) is 13.0. The number of hydrogen-bond acceptors (Lipinski definition) is 3. The minimum Gasteiger partial charge on any atom is -0.481 e. The highest BCUT2D eigenvalue weighted by Crippen LogP contribution is 2.22. The van der Waals surface area contributed by atoms with E-state index in [2.05, 4.69) is 4.90 Å². The molecule has 0 aromatic heterocycles. The second-order valence-electron chi connectivity index (χ2n) is 4.60. The average molecular weight is 228 g/mol. The van der Waals surface area contributed by atoms with Crippen LogP contribution < -0.4 is 5.73 Å². The lowest BCUT2D eigenvalue weighted by atomic mass is 9.92. The third kappa shape index (κ3) is 4.18. The maximum absolute atomic E-state index is 10.8. The van der Waals surface area contributed by atoms with E-state index in [1.807, 2.05) is 6.92 Å². The number of piperidine rings is 1. The Hall–Kier alpha value is -1.10. The minimum absolute atomic E-state index is 0.0760. The van der Waals surface area contributed by atoms with Crippen molar-refractivity contribution >= 4 is 11.9 Å². The zero-order valence-electron chi connectivity index (χ0n) is 9.69. The highest BCUT2D eigenvalue weighted by molar-refractivity contribution is 5.74. The van der Waals surface area contributed by atoms with Gasteiger partial charge in [-0.25, -0.2) is 0 Å². The van der Waals surface area contributed by atoms with Gasteiger partial charge >= 0.3 is 5.97 Å². The fourth-order valence-electron chi connectivity index (χ4n) is 2.26. The van der Waals surface area contributed by atoms with Crippen LogP contribution in [0.2, 0.25) is 0 Å². The monoisotopic (exact) mass is 228 g/mol. The van der Waals surface area contributed by atoms with Crippen LogP contribution in [-0.4, -0.2) is 41.0 Å². The van der Waals surface area contributed by atoms with E-state index in [1.165, 1.54) is 0 Å². The molecule has 1 atom stereocenters. The van der Waals surface area contributed by atoms with Gasteiger partial charge in [-0.2, -0.15) is 0 Å². The van der Waals surface area contributed by atoms with Gasteiger partial charge < -0.3 is 15.7 Å². The molecule has 1 amide bonds. The molecule has 0 aromatic carbocycles. The molecule has 1 saturated heterocycles. The molecule has 1 heterocycles. The molecule has 16 heavy (non-hydrogen) atoms. The number of aliphatic carboxylic acids is 1. The zero-order chi connectivity index (χ0) is 12.1. The van der Waals surface area contributed by atoms with Gasteiger partial charge in [0.15, 0.2) is 0 Å². The maximum atomic E-state index is 10.8. The summed E-state index contributed by atoms with van der Waals surface area (Å²) in [6.45, 7) is 3.67. The average Bonchev–Trinajstić information content (AvgIpc) is 2.16. The number of hydrogen-bond donors (Lipinski definition) is 2. The lowest BCUT2D eigenvalue weighted by Gasteiger charge is -2.35. The van der Waals surface area contributed by atoms with E-state index in [9.17, 15) is 9.59 Å². The van der Waals surface area contributed by atoms with E-state index < -0.39 is 5.97 Å². The molecule has 1 aliphatic rings. The Morgan fingerprint density at radius 3 is 2.44 bits per heavy atom. The van der Waals surface area contributed by atoms with Gasteiger partial charge in [0, 0.05) is 12.5 Å². The molecule has 0 saturated carbocycles. The van der Waals surface area contributed by atoms with E-state index in [0.29, 0.717) is 12.3 Å². The molecule has 0 spiro atoms. The summed E-state index contributed by atoms with van der Waals surface area (Å²) >= 11 is 0. The zero-order valence-corrected chi connectivity index (χ0v) is 9.69. The number of likely N-dealkylation sites (tertiary alicyclic amines) is 1. The molecule has 0 aliphatic carbocycles. The fourth-order valence-corrected chi connectivity index (χ4v) is 2.26. The van der Waals surface area contributed by atoms with Crippen LogP contribution in [0.25, 0.3) is 0 Å². The smallest absolute Gasteiger partial charge is 0.304 e. The highest BCUT2D eigenvalue weighted by atomic mass is 16.4. The number of nitrogens with zero attached hydrogens (tertiary/aromatic N) is 1. The Bertz CT molecular complexity index is 260. The highest BCUT2D eigenvalue weighted by Gasteiger charge is 2.24. The van der Waals surface area contributed by atoms with Crippen LogP contribution >= 0.6 is 0 Å². The molecule has 5 nitrogen and oxygen atoms in total. The molecule has 92 valence electrons. The second-order valence-corrected chi connectivity index (χ2v) is 4.60. The van der Waals surface area contributed by atoms with Crippen molar-refractivity contribution in [3.63, 3.8) is 0 Å². The fraction of sp³-hybridized carbons (Fsp3) is 0.818. The molecular formula is C11H20N2O3. The molecular weight excluding hydrogens is 208 g/mol. The summed E-state index contributed by atoms with van der Waals surface area (Å²) in [5.74, 6) is -0.616. The summed E-state index contributed by atoms with van der Waals surface area (Å²) in [5.41, 5.74) is 5.15. The van der Waals surface area contributed by atoms with Crippen molar-refractivity contribution in [2.75, 3.05) is 13.1 Å². The lowest BCUT2D eigenvalue weighted by molar-refractivity contribution is -0.138. The van der Waals surface area contributed by atoms with E-state index in [1.54, 1.807) is 0 Å². The van der Waals surface area contributed by atoms with E-state index in [-0.39, 0.29) is 18.4 Å². The minimum atomic E-state index is -0.758. The second kappa shape index (κ2) is 5.84. The molecule has 0 aromatic rings. The van der Waals surface area contributed by atoms with Crippen molar-refractivity contribution in [1.29, 1.82) is 0 Å². The number of amides is 1. The summed E-state index contributed by atoms with van der Waals surface area (Å²) < 4.78 is 0. The molecule has 5 heteroatoms. The van der Waals surface area contributed by atoms with Gasteiger partial charge in [-0.1, -0.05) is 0 Å². The molecule has 0 radical (unpaired) electrons. The first-order valence-corrected chi connectivity index (χ1v) is 5.73. The first-order chi connectivity index (χ1) is 7.49. The Labute approximate surface area is 95.6 Å². The topological polar surface area (TPSA) is 83.6 Å². The largest absolute Gasteiger partial charge is 0.481 e. The number of carboxylic acids is 1. The summed E-state index contributed by atoms with van der Waals surface area (Å²) in [6.07, 6.45) is 2.52. The molecule has 1 unspecified atom stereocenters. The van der Waals surface area contributed by atoms with Crippen molar-refractivity contribution in [3.05, 3.63) is 0 Å². The van der Waals surface area contributed by atoms with Crippen molar-refractivity contribution in [3.8, 4) is 0 Å². The number of carbonyl (C=O) groups is 2. The predicted molar refractivity (Wildman–Crippen MR) is 59.8 cm³/mol. The number of carboxylic acid groups (broad SMARTS) is 1. The molecule has 3 N–H and O–H groups in total. The first-order valence-electron chi connectivity index (χ1n) is 5.73. The number of carbonyl (C=O) groups excluding carboxylic acids is 1. The Balaban J connectivity index is 2.31. The quantitative estimate of drug-likeness (QED) is 0.715. The van der Waals surface area contributed by atoms with Crippen molar-refractivity contribution < 1.29 is 14.7 Å². The van der Waals surface area contributed by atoms with Crippen LogP contribution in [0.1, 0.15) is 32.6 Å². The van der Waals surface area contributed by atoms with Crippen LogP contribution in [0.5, 0.6) is 0 Å². The third-order valence-corrected chi connectivity index (χ3v) is 3.23. The number of rotatable bonds is 5. The van der Waals surface area contributed by atoms with E-state index in [4.69, 9.17) is 10.8 Å². The predicted octanol–water partition coefficient (Wildman–Crippen LogP) is 0.437. The van der Waals surface area contributed by atoms with Gasteiger partial charge in [0.2, 0.25) is 5.91 Å². The van der Waals surface area contributed by atoms with Crippen molar-refractivity contribution in [2.24, 2.45) is 11.7 Å². The number of nitrogens with two attached hydrogens (primary N) is 1. The molecule has 1 rings (SSSR count). The third-order valence-electron chi connectivity index (χ3n) is 3.23. The summed E-state index contributed by atoms with van der Waals surface area (Å²) in [7, 11) is 0. The van der Waals surface area contributed by atoms with Gasteiger partial charge in [-0.15, -0.1) is 0 Å². The Morgan fingerprint density at radius 1 is 1.44 bits per heavy atom. The SMILES string of the molecule is CC(CC(=O)O)N1CCC(CC(N)=O)CC1. The van der Waals surface area contributed by atoms with E-state index >= 15 is 0 Å². The van der Waals surface area contributed by atoms with Gasteiger partial charge in [0.25, 0.3) is 0 Å². The van der Waals surface area contributed by atoms with Gasteiger partial charge in [-0.3, -0.25) is 9.59 Å². The van der Waals surface area contributed by atoms with Crippen LogP contribution in [0, 0.1) is 5.92 Å². The normalized spacial score (nSPS) is 20.6. The van der Waals surface area contributed by atoms with Crippen LogP contribution in [0.4, 0.5) is 0 Å². The molecule has 0 bridgehead atoms. The molecule has 1 aliphatic heterocycles. The van der Waals surface area contributed by atoms with Crippen LogP contribution in [0.15, 0.2) is 0 Å². The Kier molecular flexibility index (Phi) is 4.73.